The van der Waals surface area contributed by atoms with Gasteiger partial charge in [0.15, 0.2) is 0 Å². The number of hydrogen-bond acceptors (Lipinski definition) is 3. The van der Waals surface area contributed by atoms with Crippen LogP contribution in [0.25, 0.3) is 0 Å². The van der Waals surface area contributed by atoms with Crippen molar-refractivity contribution in [2.24, 2.45) is 27.3 Å². The zero-order valence-corrected chi connectivity index (χ0v) is 18.8. The normalized spacial score (nSPS) is 36.1. The van der Waals surface area contributed by atoms with Gasteiger partial charge in [-0.2, -0.15) is 5.10 Å². The Bertz CT molecular complexity index is 788. The van der Waals surface area contributed by atoms with Crippen LogP contribution in [0.15, 0.2) is 27.8 Å². The Kier molecular flexibility index (Phi) is 5.09. The predicted octanol–water partition coefficient (Wildman–Crippen LogP) is 5.68. The molecule has 0 radical (unpaired) electrons. The molecule has 5 heteroatoms. The van der Waals surface area contributed by atoms with Crippen molar-refractivity contribution in [1.29, 1.82) is 0 Å². The summed E-state index contributed by atoms with van der Waals surface area (Å²) in [5.41, 5.74) is 4.24. The lowest BCUT2D eigenvalue weighted by Gasteiger charge is -2.64. The average Bonchev–Trinajstić information content (AvgIpc) is 2.58. The molecule has 2 atom stereocenters. The number of halogens is 1. The maximum Gasteiger partial charge on any atom is 0.246 e. The fraction of sp³-hybridized carbons (Fsp3) is 0.652. The second-order valence-corrected chi connectivity index (χ2v) is 11.0. The molecule has 0 aliphatic heterocycles. The third kappa shape index (κ3) is 3.74. The Balaban J connectivity index is 1.43. The third-order valence-electron chi connectivity index (χ3n) is 6.91. The molecule has 1 aromatic rings. The van der Waals surface area contributed by atoms with Crippen LogP contribution < -0.4 is 10.2 Å². The number of carbonyl (C=O) groups is 1. The summed E-state index contributed by atoms with van der Waals surface area (Å²) < 4.78 is 6.58. The Labute approximate surface area is 176 Å². The third-order valence-corrected chi connectivity index (χ3v) is 7.52. The number of benzene rings is 1. The summed E-state index contributed by atoms with van der Waals surface area (Å²) in [4.78, 5) is 13.2. The minimum absolute atomic E-state index is 0.118. The smallest absolute Gasteiger partial charge is 0.246 e. The number of nitrogens with zero attached hydrogens (tertiary/aromatic N) is 1. The summed E-state index contributed by atoms with van der Waals surface area (Å²) >= 11 is 3.54. The van der Waals surface area contributed by atoms with Crippen LogP contribution in [0.5, 0.6) is 5.75 Å². The van der Waals surface area contributed by atoms with Crippen LogP contribution in [0.1, 0.15) is 71.3 Å². The molecule has 5 rings (SSSR count). The first-order valence-electron chi connectivity index (χ1n) is 10.5. The summed E-state index contributed by atoms with van der Waals surface area (Å²) in [6.45, 7) is 7.56. The van der Waals surface area contributed by atoms with E-state index in [-0.39, 0.29) is 11.3 Å². The second-order valence-electron chi connectivity index (χ2n) is 10.1. The molecule has 0 saturated heterocycles. The van der Waals surface area contributed by atoms with Crippen LogP contribution in [0.2, 0.25) is 0 Å². The van der Waals surface area contributed by atoms with E-state index in [0.717, 1.165) is 41.5 Å². The van der Waals surface area contributed by atoms with E-state index in [1.807, 2.05) is 18.2 Å². The molecule has 4 aliphatic rings. The van der Waals surface area contributed by atoms with Gasteiger partial charge in [0.1, 0.15) is 5.75 Å². The minimum Gasteiger partial charge on any atom is -0.492 e. The van der Waals surface area contributed by atoms with Gasteiger partial charge in [-0.15, -0.1) is 0 Å². The van der Waals surface area contributed by atoms with Gasteiger partial charge in [0.05, 0.1) is 22.7 Å². The molecule has 0 aromatic heterocycles. The van der Waals surface area contributed by atoms with Gasteiger partial charge in [-0.3, -0.25) is 4.79 Å². The fourth-order valence-corrected chi connectivity index (χ4v) is 7.42. The zero-order chi connectivity index (χ0) is 20.0. The van der Waals surface area contributed by atoms with E-state index in [1.54, 1.807) is 6.21 Å². The molecular weight excluding hydrogens is 416 g/mol. The molecule has 0 spiro atoms. The lowest BCUT2D eigenvalue weighted by atomic mass is 9.40. The van der Waals surface area contributed by atoms with Crippen molar-refractivity contribution in [2.75, 3.05) is 6.61 Å². The number of hydrazone groups is 1. The molecule has 4 nitrogen and oxygen atoms in total. The zero-order valence-electron chi connectivity index (χ0n) is 17.2. The first-order valence-corrected chi connectivity index (χ1v) is 11.3. The maximum atomic E-state index is 13.2. The SMILES string of the molecule is CCCOc1ccc(/C=N/NC(=O)C23CC4CC(C)(CC(C)(C4)C2)C3)cc1Br. The first-order chi connectivity index (χ1) is 13.2. The van der Waals surface area contributed by atoms with E-state index in [1.165, 1.54) is 19.3 Å². The van der Waals surface area contributed by atoms with Crippen LogP contribution in [-0.4, -0.2) is 18.7 Å². The molecule has 4 aliphatic carbocycles. The first kappa shape index (κ1) is 19.9. The van der Waals surface area contributed by atoms with Gasteiger partial charge < -0.3 is 4.74 Å². The van der Waals surface area contributed by atoms with E-state index in [0.29, 0.717) is 23.4 Å². The van der Waals surface area contributed by atoms with E-state index in [4.69, 9.17) is 4.74 Å². The van der Waals surface area contributed by atoms with E-state index in [2.05, 4.69) is 47.2 Å². The summed E-state index contributed by atoms with van der Waals surface area (Å²) in [6, 6.07) is 5.86. The van der Waals surface area contributed by atoms with E-state index in [9.17, 15) is 4.79 Å². The Morgan fingerprint density at radius 3 is 2.57 bits per heavy atom. The van der Waals surface area contributed by atoms with Crippen LogP contribution in [0.4, 0.5) is 0 Å². The highest BCUT2D eigenvalue weighted by Crippen LogP contribution is 2.69. The molecule has 4 fully saturated rings. The molecule has 0 heterocycles. The quantitative estimate of drug-likeness (QED) is 0.450. The highest BCUT2D eigenvalue weighted by Gasteiger charge is 2.62. The van der Waals surface area contributed by atoms with Crippen molar-refractivity contribution in [2.45, 2.75) is 65.7 Å². The van der Waals surface area contributed by atoms with Gasteiger partial charge in [0, 0.05) is 0 Å². The lowest BCUT2D eigenvalue weighted by molar-refractivity contribution is -0.170. The molecule has 28 heavy (non-hydrogen) atoms. The predicted molar refractivity (Wildman–Crippen MR) is 116 cm³/mol. The summed E-state index contributed by atoms with van der Waals surface area (Å²) in [5.74, 6) is 1.65. The maximum absolute atomic E-state index is 13.2. The minimum atomic E-state index is -0.224. The molecule has 152 valence electrons. The van der Waals surface area contributed by atoms with Crippen molar-refractivity contribution < 1.29 is 9.53 Å². The number of nitrogens with one attached hydrogen (secondary N) is 1. The molecule has 1 amide bonds. The number of rotatable bonds is 6. The van der Waals surface area contributed by atoms with Crippen LogP contribution >= 0.6 is 15.9 Å². The number of carbonyl (C=O) groups excluding carboxylic acids is 1. The van der Waals surface area contributed by atoms with E-state index < -0.39 is 0 Å². The molecule has 4 saturated carbocycles. The largest absolute Gasteiger partial charge is 0.492 e. The number of amides is 1. The van der Waals surface area contributed by atoms with Gasteiger partial charge in [-0.1, -0.05) is 20.8 Å². The van der Waals surface area contributed by atoms with Crippen molar-refractivity contribution in [3.8, 4) is 5.75 Å². The van der Waals surface area contributed by atoms with Gasteiger partial charge >= 0.3 is 0 Å². The summed E-state index contributed by atoms with van der Waals surface area (Å²) in [7, 11) is 0. The molecule has 1 N–H and O–H groups in total. The van der Waals surface area contributed by atoms with Gasteiger partial charge in [0.25, 0.3) is 0 Å². The van der Waals surface area contributed by atoms with Gasteiger partial charge in [-0.05, 0) is 101 Å². The van der Waals surface area contributed by atoms with Crippen LogP contribution in [0, 0.1) is 22.2 Å². The average molecular weight is 447 g/mol. The molecule has 2 unspecified atom stereocenters. The summed E-state index contributed by atoms with van der Waals surface area (Å²) in [5, 5.41) is 4.29. The van der Waals surface area contributed by atoms with E-state index >= 15 is 0 Å². The van der Waals surface area contributed by atoms with Crippen molar-refractivity contribution >= 4 is 28.1 Å². The molecule has 1 aromatic carbocycles. The number of ether oxygens (including phenoxy) is 1. The van der Waals surface area contributed by atoms with Gasteiger partial charge in [0.2, 0.25) is 5.91 Å². The Hall–Kier alpha value is -1.36. The van der Waals surface area contributed by atoms with Crippen LogP contribution in [-0.2, 0) is 4.79 Å². The lowest BCUT2D eigenvalue weighted by Crippen LogP contribution is -2.59. The van der Waals surface area contributed by atoms with Crippen molar-refractivity contribution in [1.82, 2.24) is 5.43 Å². The molecular formula is C23H31BrN2O2. The topological polar surface area (TPSA) is 50.7 Å². The molecule has 4 bridgehead atoms. The summed E-state index contributed by atoms with van der Waals surface area (Å²) in [6.07, 6.45) is 9.62. The fourth-order valence-electron chi connectivity index (χ4n) is 6.91. The van der Waals surface area contributed by atoms with Crippen molar-refractivity contribution in [3.05, 3.63) is 28.2 Å². The second kappa shape index (κ2) is 7.16. The highest BCUT2D eigenvalue weighted by molar-refractivity contribution is 9.10. The Morgan fingerprint density at radius 2 is 1.96 bits per heavy atom. The van der Waals surface area contributed by atoms with Crippen LogP contribution in [0.3, 0.4) is 0 Å². The Morgan fingerprint density at radius 1 is 1.25 bits per heavy atom. The van der Waals surface area contributed by atoms with Gasteiger partial charge in [-0.25, -0.2) is 5.43 Å². The number of hydrogen-bond donors (Lipinski definition) is 1. The van der Waals surface area contributed by atoms with Crippen molar-refractivity contribution in [3.63, 3.8) is 0 Å². The highest BCUT2D eigenvalue weighted by atomic mass is 79.9. The standard InChI is InChI=1S/C23H31BrN2O2/c1-4-7-28-19-6-5-16(8-18(19)24)12-25-26-20(27)23-11-17-9-21(2,14-23)13-22(3,10-17)15-23/h5-6,8,12,17H,4,7,9-11,13-15H2,1-3H3,(H,26,27)/b25-12+. The monoisotopic (exact) mass is 446 g/mol.